The van der Waals surface area contributed by atoms with E-state index in [1.54, 1.807) is 34.1 Å². The molecule has 0 aromatic heterocycles. The molecule has 0 aliphatic carbocycles. The van der Waals surface area contributed by atoms with Crippen LogP contribution in [0.2, 0.25) is 0 Å². The normalized spacial score (nSPS) is 15.3. The molecule has 3 rings (SSSR count). The second-order valence-electron chi connectivity index (χ2n) is 6.60. The Bertz CT molecular complexity index is 941. The molecule has 1 fully saturated rings. The van der Waals surface area contributed by atoms with Crippen molar-refractivity contribution in [2.75, 3.05) is 32.4 Å². The van der Waals surface area contributed by atoms with E-state index in [0.29, 0.717) is 43.7 Å². The number of hydrogen-bond donors (Lipinski definition) is 0. The lowest BCUT2D eigenvalue weighted by atomic mass is 10.2. The van der Waals surface area contributed by atoms with Crippen molar-refractivity contribution in [3.05, 3.63) is 65.7 Å². The first-order valence-corrected chi connectivity index (χ1v) is 10.7. The number of hydrogen-bond acceptors (Lipinski definition) is 4. The molecular formula is C20H22N2O4S. The summed E-state index contributed by atoms with van der Waals surface area (Å²) < 4.78 is 23.4. The summed E-state index contributed by atoms with van der Waals surface area (Å²) >= 11 is 0. The monoisotopic (exact) mass is 386 g/mol. The van der Waals surface area contributed by atoms with E-state index in [1.165, 1.54) is 12.1 Å². The third kappa shape index (κ3) is 4.54. The van der Waals surface area contributed by atoms with E-state index < -0.39 is 9.84 Å². The lowest BCUT2D eigenvalue weighted by Gasteiger charge is -2.22. The van der Waals surface area contributed by atoms with E-state index in [9.17, 15) is 18.0 Å². The molecule has 142 valence electrons. The highest BCUT2D eigenvalue weighted by Gasteiger charge is 2.24. The number of rotatable bonds is 3. The van der Waals surface area contributed by atoms with Gasteiger partial charge in [-0.15, -0.1) is 0 Å². The smallest absolute Gasteiger partial charge is 0.253 e. The van der Waals surface area contributed by atoms with Gasteiger partial charge in [0.1, 0.15) is 0 Å². The lowest BCUT2D eigenvalue weighted by molar-refractivity contribution is 0.0718. The maximum atomic E-state index is 12.8. The van der Waals surface area contributed by atoms with Crippen molar-refractivity contribution >= 4 is 21.7 Å². The molecule has 0 spiro atoms. The Morgan fingerprint density at radius 3 is 1.93 bits per heavy atom. The lowest BCUT2D eigenvalue weighted by Crippen LogP contribution is -2.37. The van der Waals surface area contributed by atoms with Crippen LogP contribution in [0.4, 0.5) is 0 Å². The van der Waals surface area contributed by atoms with Crippen molar-refractivity contribution in [3.63, 3.8) is 0 Å². The highest BCUT2D eigenvalue weighted by atomic mass is 32.2. The molecule has 0 atom stereocenters. The molecule has 2 amide bonds. The van der Waals surface area contributed by atoms with Crippen LogP contribution in [-0.2, 0) is 9.84 Å². The van der Waals surface area contributed by atoms with Crippen molar-refractivity contribution < 1.29 is 18.0 Å². The molecule has 0 saturated carbocycles. The number of sulfone groups is 1. The van der Waals surface area contributed by atoms with Crippen molar-refractivity contribution in [3.8, 4) is 0 Å². The number of nitrogens with zero attached hydrogens (tertiary/aromatic N) is 2. The minimum absolute atomic E-state index is 0.0380. The Hall–Kier alpha value is -2.67. The molecule has 1 heterocycles. The van der Waals surface area contributed by atoms with Gasteiger partial charge in [0.25, 0.3) is 11.8 Å². The third-order valence-electron chi connectivity index (χ3n) is 4.60. The second-order valence-corrected chi connectivity index (χ2v) is 8.62. The molecular weight excluding hydrogens is 364 g/mol. The molecule has 6 nitrogen and oxygen atoms in total. The minimum atomic E-state index is -3.37. The summed E-state index contributed by atoms with van der Waals surface area (Å²) in [6.07, 6.45) is 1.80. The Kier molecular flexibility index (Phi) is 5.60. The first-order valence-electron chi connectivity index (χ1n) is 8.80. The van der Waals surface area contributed by atoms with Gasteiger partial charge in [-0.25, -0.2) is 8.42 Å². The topological polar surface area (TPSA) is 74.8 Å². The quantitative estimate of drug-likeness (QED) is 0.809. The standard InChI is InChI=1S/C20H22N2O4S/c1-27(25,26)18-10-5-9-17(15-18)20(24)22-12-6-11-21(13-14-22)19(23)16-7-3-2-4-8-16/h2-5,7-10,15H,6,11-14H2,1H3. The van der Waals surface area contributed by atoms with Gasteiger partial charge in [0.05, 0.1) is 4.90 Å². The van der Waals surface area contributed by atoms with Gasteiger partial charge in [-0.1, -0.05) is 24.3 Å². The molecule has 27 heavy (non-hydrogen) atoms. The molecule has 7 heteroatoms. The first kappa shape index (κ1) is 19.1. The number of carbonyl (C=O) groups is 2. The summed E-state index contributed by atoms with van der Waals surface area (Å²) in [6.45, 7) is 1.98. The fourth-order valence-electron chi connectivity index (χ4n) is 3.13. The van der Waals surface area contributed by atoms with Gasteiger partial charge in [0.2, 0.25) is 0 Å². The minimum Gasteiger partial charge on any atom is -0.337 e. The zero-order valence-corrected chi connectivity index (χ0v) is 16.0. The van der Waals surface area contributed by atoms with E-state index in [2.05, 4.69) is 0 Å². The van der Waals surface area contributed by atoms with Gasteiger partial charge in [-0.3, -0.25) is 9.59 Å². The van der Waals surface area contributed by atoms with Crippen molar-refractivity contribution in [2.24, 2.45) is 0 Å². The summed E-state index contributed by atoms with van der Waals surface area (Å²) in [6, 6.07) is 15.2. The van der Waals surface area contributed by atoms with E-state index in [-0.39, 0.29) is 16.7 Å². The average molecular weight is 386 g/mol. The van der Waals surface area contributed by atoms with Crippen LogP contribution < -0.4 is 0 Å². The summed E-state index contributed by atoms with van der Waals surface area (Å²) in [4.78, 5) is 29.0. The molecule has 0 unspecified atom stereocenters. The average Bonchev–Trinajstić information content (AvgIpc) is 2.93. The van der Waals surface area contributed by atoms with Gasteiger partial charge in [0.15, 0.2) is 9.84 Å². The maximum Gasteiger partial charge on any atom is 0.253 e. The van der Waals surface area contributed by atoms with Gasteiger partial charge >= 0.3 is 0 Å². The highest BCUT2D eigenvalue weighted by molar-refractivity contribution is 7.90. The Morgan fingerprint density at radius 2 is 1.33 bits per heavy atom. The Labute approximate surface area is 159 Å². The van der Waals surface area contributed by atoms with Crippen molar-refractivity contribution in [1.82, 2.24) is 9.80 Å². The fourth-order valence-corrected chi connectivity index (χ4v) is 3.80. The number of carbonyl (C=O) groups excluding carboxylic acids is 2. The molecule has 0 radical (unpaired) electrons. The second kappa shape index (κ2) is 7.92. The van der Waals surface area contributed by atoms with E-state index in [1.807, 2.05) is 18.2 Å². The SMILES string of the molecule is CS(=O)(=O)c1cccc(C(=O)N2CCCN(C(=O)c3ccccc3)CC2)c1. The number of benzene rings is 2. The van der Waals surface area contributed by atoms with Gasteiger partial charge < -0.3 is 9.80 Å². The molecule has 0 N–H and O–H groups in total. The fraction of sp³-hybridized carbons (Fsp3) is 0.300. The van der Waals surface area contributed by atoms with Crippen molar-refractivity contribution in [1.29, 1.82) is 0 Å². The van der Waals surface area contributed by atoms with Gasteiger partial charge in [-0.2, -0.15) is 0 Å². The Morgan fingerprint density at radius 1 is 0.778 bits per heavy atom. The van der Waals surface area contributed by atoms with Gasteiger partial charge in [-0.05, 0) is 36.8 Å². The highest BCUT2D eigenvalue weighted by Crippen LogP contribution is 2.15. The third-order valence-corrected chi connectivity index (χ3v) is 5.71. The molecule has 1 aliphatic heterocycles. The molecule has 1 saturated heterocycles. The zero-order chi connectivity index (χ0) is 19.4. The van der Waals surface area contributed by atoms with Crippen LogP contribution in [0, 0.1) is 0 Å². The molecule has 2 aromatic carbocycles. The van der Waals surface area contributed by atoms with Crippen LogP contribution >= 0.6 is 0 Å². The largest absolute Gasteiger partial charge is 0.337 e. The predicted octanol–water partition coefficient (Wildman–Crippen LogP) is 2.08. The number of amides is 2. The summed E-state index contributed by atoms with van der Waals surface area (Å²) in [5.74, 6) is -0.251. The van der Waals surface area contributed by atoms with E-state index in [0.717, 1.165) is 6.26 Å². The van der Waals surface area contributed by atoms with Crippen LogP contribution in [-0.4, -0.2) is 62.5 Å². The molecule has 2 aromatic rings. The summed E-state index contributed by atoms with van der Waals surface area (Å²) in [7, 11) is -3.37. The van der Waals surface area contributed by atoms with E-state index >= 15 is 0 Å². The summed E-state index contributed by atoms with van der Waals surface area (Å²) in [5.41, 5.74) is 0.985. The zero-order valence-electron chi connectivity index (χ0n) is 15.2. The van der Waals surface area contributed by atoms with Crippen LogP contribution in [0.25, 0.3) is 0 Å². The van der Waals surface area contributed by atoms with Crippen LogP contribution in [0.1, 0.15) is 27.1 Å². The Balaban J connectivity index is 1.71. The van der Waals surface area contributed by atoms with Crippen LogP contribution in [0.3, 0.4) is 0 Å². The van der Waals surface area contributed by atoms with Crippen LogP contribution in [0.5, 0.6) is 0 Å². The predicted molar refractivity (Wildman–Crippen MR) is 102 cm³/mol. The summed E-state index contributed by atoms with van der Waals surface area (Å²) in [5, 5.41) is 0. The first-order chi connectivity index (χ1) is 12.9. The van der Waals surface area contributed by atoms with E-state index in [4.69, 9.17) is 0 Å². The van der Waals surface area contributed by atoms with Crippen LogP contribution in [0.15, 0.2) is 59.5 Å². The molecule has 1 aliphatic rings. The molecule has 0 bridgehead atoms. The van der Waals surface area contributed by atoms with Crippen molar-refractivity contribution in [2.45, 2.75) is 11.3 Å². The maximum absolute atomic E-state index is 12.8. The van der Waals surface area contributed by atoms with Gasteiger partial charge in [0, 0.05) is 43.6 Å².